The van der Waals surface area contributed by atoms with E-state index in [-0.39, 0.29) is 0 Å². The van der Waals surface area contributed by atoms with Crippen LogP contribution in [0, 0.1) is 0 Å². The molecule has 94 valence electrons. The summed E-state index contributed by atoms with van der Waals surface area (Å²) in [7, 11) is 0. The fraction of sp³-hybridized carbons (Fsp3) is 1.00. The maximum Gasteiger partial charge on any atom is 0.0704 e. The average Bonchev–Trinajstić information content (AvgIpc) is 2.89. The molecule has 3 heteroatoms. The van der Waals surface area contributed by atoms with E-state index < -0.39 is 0 Å². The summed E-state index contributed by atoms with van der Waals surface area (Å²) in [5.41, 5.74) is 0. The molecule has 2 fully saturated rings. The summed E-state index contributed by atoms with van der Waals surface area (Å²) in [6.07, 6.45) is 7.52. The number of likely N-dealkylation sites (tertiary alicyclic amines) is 1. The number of rotatable bonds is 6. The van der Waals surface area contributed by atoms with E-state index in [0.29, 0.717) is 12.2 Å². The van der Waals surface area contributed by atoms with Gasteiger partial charge in [0, 0.05) is 6.54 Å². The van der Waals surface area contributed by atoms with Crippen LogP contribution in [0.4, 0.5) is 0 Å². The molecule has 0 aromatic rings. The van der Waals surface area contributed by atoms with Crippen molar-refractivity contribution in [1.29, 1.82) is 0 Å². The summed E-state index contributed by atoms with van der Waals surface area (Å²) in [6.45, 7) is 8.28. The Bertz CT molecular complexity index is 192. The van der Waals surface area contributed by atoms with Gasteiger partial charge in [0.25, 0.3) is 0 Å². The molecular formula is C13H26N2O. The molecule has 0 amide bonds. The number of ether oxygens (including phenoxy) is 1. The summed E-state index contributed by atoms with van der Waals surface area (Å²) in [6, 6.07) is 0. The van der Waals surface area contributed by atoms with Gasteiger partial charge < -0.3 is 15.0 Å². The first-order valence-corrected chi connectivity index (χ1v) is 6.93. The molecule has 2 rings (SSSR count). The van der Waals surface area contributed by atoms with Crippen molar-refractivity contribution < 1.29 is 4.74 Å². The van der Waals surface area contributed by atoms with Crippen LogP contribution in [-0.2, 0) is 4.74 Å². The SMILES string of the molecule is CC1CCC(CNCCCN2CCCC2)O1. The van der Waals surface area contributed by atoms with Crippen molar-refractivity contribution >= 4 is 0 Å². The lowest BCUT2D eigenvalue weighted by Crippen LogP contribution is -2.30. The molecule has 0 aliphatic carbocycles. The summed E-state index contributed by atoms with van der Waals surface area (Å²) in [5.74, 6) is 0. The Morgan fingerprint density at radius 1 is 1.25 bits per heavy atom. The highest BCUT2D eigenvalue weighted by atomic mass is 16.5. The Morgan fingerprint density at radius 2 is 2.06 bits per heavy atom. The Morgan fingerprint density at radius 3 is 2.75 bits per heavy atom. The molecule has 1 N–H and O–H groups in total. The molecule has 0 spiro atoms. The first kappa shape index (κ1) is 12.3. The maximum absolute atomic E-state index is 5.77. The van der Waals surface area contributed by atoms with Crippen molar-refractivity contribution in [2.24, 2.45) is 0 Å². The normalized spacial score (nSPS) is 31.3. The van der Waals surface area contributed by atoms with Gasteiger partial charge in [-0.05, 0) is 65.2 Å². The zero-order valence-electron chi connectivity index (χ0n) is 10.6. The molecule has 2 aliphatic heterocycles. The van der Waals surface area contributed by atoms with Gasteiger partial charge in [-0.25, -0.2) is 0 Å². The fourth-order valence-corrected chi connectivity index (χ4v) is 2.73. The minimum atomic E-state index is 0.474. The predicted molar refractivity (Wildman–Crippen MR) is 66.7 cm³/mol. The van der Waals surface area contributed by atoms with Gasteiger partial charge in [0.2, 0.25) is 0 Å². The molecule has 2 atom stereocenters. The van der Waals surface area contributed by atoms with Crippen molar-refractivity contribution in [3.63, 3.8) is 0 Å². The van der Waals surface area contributed by atoms with Gasteiger partial charge in [0.1, 0.15) is 0 Å². The quantitative estimate of drug-likeness (QED) is 0.697. The van der Waals surface area contributed by atoms with Crippen LogP contribution in [0.3, 0.4) is 0 Å². The van der Waals surface area contributed by atoms with Crippen LogP contribution in [0.25, 0.3) is 0 Å². The van der Waals surface area contributed by atoms with Gasteiger partial charge in [-0.1, -0.05) is 0 Å². The molecular weight excluding hydrogens is 200 g/mol. The molecule has 0 radical (unpaired) electrons. The molecule has 2 saturated heterocycles. The van der Waals surface area contributed by atoms with Gasteiger partial charge in [-0.3, -0.25) is 0 Å². The topological polar surface area (TPSA) is 24.5 Å². The molecule has 2 unspecified atom stereocenters. The number of nitrogens with one attached hydrogen (secondary N) is 1. The van der Waals surface area contributed by atoms with Gasteiger partial charge in [0.05, 0.1) is 12.2 Å². The highest BCUT2D eigenvalue weighted by Gasteiger charge is 2.20. The van der Waals surface area contributed by atoms with Crippen molar-refractivity contribution in [2.45, 2.75) is 51.2 Å². The molecule has 3 nitrogen and oxygen atoms in total. The molecule has 0 aromatic carbocycles. The maximum atomic E-state index is 5.77. The van der Waals surface area contributed by atoms with Gasteiger partial charge in [-0.2, -0.15) is 0 Å². The summed E-state index contributed by atoms with van der Waals surface area (Å²) >= 11 is 0. The molecule has 2 heterocycles. The first-order valence-electron chi connectivity index (χ1n) is 6.93. The molecule has 0 aromatic heterocycles. The number of hydrogen-bond acceptors (Lipinski definition) is 3. The molecule has 2 aliphatic rings. The second kappa shape index (κ2) is 6.58. The number of hydrogen-bond donors (Lipinski definition) is 1. The lowest BCUT2D eigenvalue weighted by atomic mass is 10.2. The summed E-state index contributed by atoms with van der Waals surface area (Å²) in [4.78, 5) is 2.58. The van der Waals surface area contributed by atoms with Crippen LogP contribution in [0.2, 0.25) is 0 Å². The van der Waals surface area contributed by atoms with E-state index in [2.05, 4.69) is 17.1 Å². The fourth-order valence-electron chi connectivity index (χ4n) is 2.73. The Hall–Kier alpha value is -0.120. The smallest absolute Gasteiger partial charge is 0.0704 e. The minimum absolute atomic E-state index is 0.474. The van der Waals surface area contributed by atoms with E-state index in [0.717, 1.165) is 13.1 Å². The van der Waals surface area contributed by atoms with Gasteiger partial charge in [0.15, 0.2) is 0 Å². The third kappa shape index (κ3) is 4.04. The first-order chi connectivity index (χ1) is 7.84. The number of nitrogens with zero attached hydrogens (tertiary/aromatic N) is 1. The monoisotopic (exact) mass is 226 g/mol. The predicted octanol–water partition coefficient (Wildman–Crippen LogP) is 1.63. The van der Waals surface area contributed by atoms with Gasteiger partial charge >= 0.3 is 0 Å². The van der Waals surface area contributed by atoms with Crippen molar-refractivity contribution in [1.82, 2.24) is 10.2 Å². The van der Waals surface area contributed by atoms with E-state index in [1.165, 1.54) is 51.7 Å². The van der Waals surface area contributed by atoms with E-state index in [9.17, 15) is 0 Å². The highest BCUT2D eigenvalue weighted by molar-refractivity contribution is 4.72. The second-order valence-corrected chi connectivity index (χ2v) is 5.25. The average molecular weight is 226 g/mol. The van der Waals surface area contributed by atoms with Crippen LogP contribution < -0.4 is 5.32 Å². The zero-order chi connectivity index (χ0) is 11.2. The molecule has 0 saturated carbocycles. The van der Waals surface area contributed by atoms with E-state index in [1.54, 1.807) is 0 Å². The lowest BCUT2D eigenvalue weighted by Gasteiger charge is -2.15. The van der Waals surface area contributed by atoms with Crippen LogP contribution in [-0.4, -0.2) is 49.8 Å². The van der Waals surface area contributed by atoms with Crippen molar-refractivity contribution in [3.8, 4) is 0 Å². The Kier molecular flexibility index (Phi) is 5.07. The van der Waals surface area contributed by atoms with Crippen LogP contribution in [0.5, 0.6) is 0 Å². The largest absolute Gasteiger partial charge is 0.374 e. The Balaban J connectivity index is 1.43. The van der Waals surface area contributed by atoms with Crippen LogP contribution >= 0.6 is 0 Å². The summed E-state index contributed by atoms with van der Waals surface area (Å²) in [5, 5.41) is 3.52. The van der Waals surface area contributed by atoms with Crippen molar-refractivity contribution in [3.05, 3.63) is 0 Å². The summed E-state index contributed by atoms with van der Waals surface area (Å²) < 4.78 is 5.77. The van der Waals surface area contributed by atoms with Crippen molar-refractivity contribution in [2.75, 3.05) is 32.7 Å². The van der Waals surface area contributed by atoms with Crippen LogP contribution in [0.15, 0.2) is 0 Å². The van der Waals surface area contributed by atoms with E-state index in [1.807, 2.05) is 0 Å². The minimum Gasteiger partial charge on any atom is -0.374 e. The van der Waals surface area contributed by atoms with E-state index in [4.69, 9.17) is 4.74 Å². The lowest BCUT2D eigenvalue weighted by molar-refractivity contribution is 0.0560. The Labute approximate surface area is 99.5 Å². The third-order valence-corrected chi connectivity index (χ3v) is 3.72. The van der Waals surface area contributed by atoms with Gasteiger partial charge in [-0.15, -0.1) is 0 Å². The second-order valence-electron chi connectivity index (χ2n) is 5.25. The highest BCUT2D eigenvalue weighted by Crippen LogP contribution is 2.18. The van der Waals surface area contributed by atoms with Crippen LogP contribution in [0.1, 0.15) is 39.0 Å². The molecule has 16 heavy (non-hydrogen) atoms. The third-order valence-electron chi connectivity index (χ3n) is 3.72. The van der Waals surface area contributed by atoms with E-state index >= 15 is 0 Å². The zero-order valence-corrected chi connectivity index (χ0v) is 10.6. The standard InChI is InChI=1S/C13H26N2O/c1-12-5-6-13(16-12)11-14-7-4-10-15-8-2-3-9-15/h12-14H,2-11H2,1H3. The molecule has 0 bridgehead atoms.